The first-order chi connectivity index (χ1) is 10.6. The van der Waals surface area contributed by atoms with Gasteiger partial charge < -0.3 is 4.74 Å². The molecule has 0 N–H and O–H groups in total. The fourth-order valence-electron chi connectivity index (χ4n) is 2.64. The number of piperidine rings is 1. The highest BCUT2D eigenvalue weighted by Crippen LogP contribution is 2.38. The van der Waals surface area contributed by atoms with E-state index in [9.17, 15) is 18.0 Å². The third-order valence-corrected chi connectivity index (χ3v) is 6.24. The number of rotatable bonds is 4. The third-order valence-electron chi connectivity index (χ3n) is 4.45. The predicted octanol–water partition coefficient (Wildman–Crippen LogP) is 1.87. The van der Waals surface area contributed by atoms with Crippen molar-refractivity contribution in [1.29, 1.82) is 0 Å². The lowest BCUT2D eigenvalue weighted by molar-refractivity contribution is -0.157. The molecule has 2 rings (SSSR count). The maximum atomic E-state index is 12.9. The van der Waals surface area contributed by atoms with Crippen molar-refractivity contribution >= 4 is 21.7 Å². The first-order valence-electron chi connectivity index (χ1n) is 7.34. The van der Waals surface area contributed by atoms with E-state index < -0.39 is 27.6 Å². The molecule has 1 aliphatic rings. The van der Waals surface area contributed by atoms with E-state index in [1.54, 1.807) is 12.1 Å². The standard InChI is InChI=1S/C16H21NO5S/c1-11-5-7-13(8-6-11)23(20,21)17-14(22-4)9-10-16(3,12(2)18)15(17)19/h5-8,14H,9-10H2,1-4H3/t14-,16+/m1/s1. The summed E-state index contributed by atoms with van der Waals surface area (Å²) >= 11 is 0. The summed E-state index contributed by atoms with van der Waals surface area (Å²) in [5.74, 6) is -1.08. The molecular weight excluding hydrogens is 318 g/mol. The third kappa shape index (κ3) is 2.90. The highest BCUT2D eigenvalue weighted by atomic mass is 32.2. The summed E-state index contributed by atoms with van der Waals surface area (Å²) in [6.45, 7) is 4.64. The normalized spacial score (nSPS) is 25.5. The van der Waals surface area contributed by atoms with Crippen molar-refractivity contribution < 1.29 is 22.7 Å². The second-order valence-corrected chi connectivity index (χ2v) is 7.85. The summed E-state index contributed by atoms with van der Waals surface area (Å²) in [7, 11) is -2.73. The Balaban J connectivity index is 2.53. The Hall–Kier alpha value is -1.73. The van der Waals surface area contributed by atoms with Gasteiger partial charge in [-0.3, -0.25) is 9.59 Å². The van der Waals surface area contributed by atoms with Crippen molar-refractivity contribution in [2.24, 2.45) is 5.41 Å². The number of nitrogens with zero attached hydrogens (tertiary/aromatic N) is 1. The number of ketones is 1. The average Bonchev–Trinajstić information content (AvgIpc) is 2.49. The Morgan fingerprint density at radius 3 is 2.35 bits per heavy atom. The number of amides is 1. The van der Waals surface area contributed by atoms with Gasteiger partial charge in [0.1, 0.15) is 17.4 Å². The Morgan fingerprint density at radius 1 is 1.30 bits per heavy atom. The molecule has 0 saturated carbocycles. The molecule has 1 fully saturated rings. The van der Waals surface area contributed by atoms with Crippen molar-refractivity contribution in [3.05, 3.63) is 29.8 Å². The molecule has 0 radical (unpaired) electrons. The minimum Gasteiger partial charge on any atom is -0.360 e. The molecule has 126 valence electrons. The summed E-state index contributed by atoms with van der Waals surface area (Å²) in [6, 6.07) is 6.22. The molecule has 1 saturated heterocycles. The molecule has 0 aromatic heterocycles. The zero-order chi connectivity index (χ0) is 17.4. The van der Waals surface area contributed by atoms with Crippen LogP contribution in [0, 0.1) is 12.3 Å². The number of carbonyl (C=O) groups excluding carboxylic acids is 2. The molecule has 23 heavy (non-hydrogen) atoms. The smallest absolute Gasteiger partial charge is 0.268 e. The van der Waals surface area contributed by atoms with Crippen LogP contribution in [-0.2, 0) is 24.3 Å². The second kappa shape index (κ2) is 6.05. The fourth-order valence-corrected chi connectivity index (χ4v) is 4.27. The number of aryl methyl sites for hydroxylation is 1. The lowest BCUT2D eigenvalue weighted by atomic mass is 9.78. The number of hydrogen-bond acceptors (Lipinski definition) is 5. The Labute approximate surface area is 136 Å². The second-order valence-electron chi connectivity index (χ2n) is 6.04. The van der Waals surface area contributed by atoms with Crippen molar-refractivity contribution in [2.75, 3.05) is 7.11 Å². The molecule has 0 spiro atoms. The highest BCUT2D eigenvalue weighted by Gasteiger charge is 2.51. The highest BCUT2D eigenvalue weighted by molar-refractivity contribution is 7.89. The van der Waals surface area contributed by atoms with Crippen LogP contribution in [0.5, 0.6) is 0 Å². The van der Waals surface area contributed by atoms with E-state index in [4.69, 9.17) is 4.74 Å². The van der Waals surface area contributed by atoms with E-state index in [1.807, 2.05) is 6.92 Å². The van der Waals surface area contributed by atoms with Crippen molar-refractivity contribution in [3.63, 3.8) is 0 Å². The maximum absolute atomic E-state index is 12.9. The number of hydrogen-bond donors (Lipinski definition) is 0. The van der Waals surface area contributed by atoms with Crippen LogP contribution in [0.25, 0.3) is 0 Å². The molecule has 1 heterocycles. The van der Waals surface area contributed by atoms with Crippen LogP contribution in [0.2, 0.25) is 0 Å². The van der Waals surface area contributed by atoms with Gasteiger partial charge in [0, 0.05) is 7.11 Å². The zero-order valence-electron chi connectivity index (χ0n) is 13.7. The minimum absolute atomic E-state index is 0.00584. The summed E-state index contributed by atoms with van der Waals surface area (Å²) in [5.41, 5.74) is -0.432. The Morgan fingerprint density at radius 2 is 1.87 bits per heavy atom. The number of benzene rings is 1. The van der Waals surface area contributed by atoms with Gasteiger partial charge >= 0.3 is 0 Å². The Bertz CT molecular complexity index is 725. The van der Waals surface area contributed by atoms with Crippen molar-refractivity contribution in [1.82, 2.24) is 4.31 Å². The van der Waals surface area contributed by atoms with E-state index >= 15 is 0 Å². The van der Waals surface area contributed by atoms with Gasteiger partial charge in [0.25, 0.3) is 15.9 Å². The largest absolute Gasteiger partial charge is 0.360 e. The van der Waals surface area contributed by atoms with E-state index in [-0.39, 0.29) is 23.5 Å². The van der Waals surface area contributed by atoms with Crippen LogP contribution in [0.3, 0.4) is 0 Å². The van der Waals surface area contributed by atoms with Crippen LogP contribution in [0.4, 0.5) is 0 Å². The molecule has 2 atom stereocenters. The number of ether oxygens (including phenoxy) is 1. The molecule has 0 bridgehead atoms. The zero-order valence-corrected chi connectivity index (χ0v) is 14.5. The fraction of sp³-hybridized carbons (Fsp3) is 0.500. The molecule has 6 nitrogen and oxygen atoms in total. The Kier molecular flexibility index (Phi) is 4.64. The minimum atomic E-state index is -4.09. The van der Waals surface area contributed by atoms with Gasteiger partial charge in [-0.25, -0.2) is 12.7 Å². The van der Waals surface area contributed by atoms with Crippen LogP contribution in [0.1, 0.15) is 32.3 Å². The number of methoxy groups -OCH3 is 1. The number of carbonyl (C=O) groups is 2. The van der Waals surface area contributed by atoms with Crippen molar-refractivity contribution in [3.8, 4) is 0 Å². The predicted molar refractivity (Wildman–Crippen MR) is 84.0 cm³/mol. The van der Waals surface area contributed by atoms with Gasteiger partial charge in [-0.05, 0) is 45.7 Å². The summed E-state index contributed by atoms with van der Waals surface area (Å²) < 4.78 is 31.7. The molecule has 1 amide bonds. The molecular formula is C16H21NO5S. The molecule has 0 unspecified atom stereocenters. The average molecular weight is 339 g/mol. The van der Waals surface area contributed by atoms with Gasteiger partial charge in [0.15, 0.2) is 0 Å². The summed E-state index contributed by atoms with van der Waals surface area (Å²) in [6.07, 6.45) is -0.357. The number of sulfonamides is 1. The SMILES string of the molecule is CO[C@@H]1CC[C@@](C)(C(C)=O)C(=O)N1S(=O)(=O)c1ccc(C)cc1. The van der Waals surface area contributed by atoms with Crippen molar-refractivity contribution in [2.45, 2.75) is 44.7 Å². The van der Waals surface area contributed by atoms with Crippen LogP contribution >= 0.6 is 0 Å². The molecule has 1 aromatic rings. The van der Waals surface area contributed by atoms with Gasteiger partial charge in [0.2, 0.25) is 0 Å². The van der Waals surface area contributed by atoms with Gasteiger partial charge in [0.05, 0.1) is 4.90 Å². The first-order valence-corrected chi connectivity index (χ1v) is 8.78. The van der Waals surface area contributed by atoms with Gasteiger partial charge in [-0.1, -0.05) is 17.7 Å². The van der Waals surface area contributed by atoms with Crippen LogP contribution in [0.15, 0.2) is 29.2 Å². The van der Waals surface area contributed by atoms with E-state index in [0.29, 0.717) is 0 Å². The van der Waals surface area contributed by atoms with E-state index in [1.165, 1.54) is 33.1 Å². The van der Waals surface area contributed by atoms with Gasteiger partial charge in [-0.2, -0.15) is 0 Å². The molecule has 0 aliphatic carbocycles. The lowest BCUT2D eigenvalue weighted by Gasteiger charge is -2.41. The quantitative estimate of drug-likeness (QED) is 0.782. The lowest BCUT2D eigenvalue weighted by Crippen LogP contribution is -2.57. The van der Waals surface area contributed by atoms with Crippen LogP contribution in [-0.4, -0.2) is 37.8 Å². The summed E-state index contributed by atoms with van der Waals surface area (Å²) in [4.78, 5) is 24.7. The molecule has 7 heteroatoms. The van der Waals surface area contributed by atoms with Crippen LogP contribution < -0.4 is 0 Å². The number of Topliss-reactive ketones (excluding diaryl/α,β-unsaturated/α-hetero) is 1. The topological polar surface area (TPSA) is 80.8 Å². The molecule has 1 aromatic carbocycles. The maximum Gasteiger partial charge on any atom is 0.268 e. The monoisotopic (exact) mass is 339 g/mol. The van der Waals surface area contributed by atoms with E-state index in [0.717, 1.165) is 9.87 Å². The van der Waals surface area contributed by atoms with E-state index in [2.05, 4.69) is 0 Å². The molecule has 1 aliphatic heterocycles. The van der Waals surface area contributed by atoms with Gasteiger partial charge in [-0.15, -0.1) is 0 Å². The first kappa shape index (κ1) is 17.6. The summed E-state index contributed by atoms with van der Waals surface area (Å²) in [5, 5.41) is 0.